The van der Waals surface area contributed by atoms with E-state index in [2.05, 4.69) is 122 Å². The summed E-state index contributed by atoms with van der Waals surface area (Å²) in [4.78, 5) is 18.5. The molecule has 2 aromatic rings. The summed E-state index contributed by atoms with van der Waals surface area (Å²) in [5, 5.41) is 0. The number of likely N-dealkylation sites (N-methyl/N-ethyl adjacent to an activating group) is 2. The summed E-state index contributed by atoms with van der Waals surface area (Å²) >= 11 is 0. The van der Waals surface area contributed by atoms with E-state index in [0.717, 1.165) is 16.7 Å². The summed E-state index contributed by atoms with van der Waals surface area (Å²) in [6, 6.07) is 9.32. The van der Waals surface area contributed by atoms with Crippen LogP contribution in [0.4, 0.5) is 11.4 Å². The molecule has 3 aliphatic heterocycles. The van der Waals surface area contributed by atoms with Gasteiger partial charge in [-0.1, -0.05) is 50.8 Å². The van der Waals surface area contributed by atoms with Crippen LogP contribution >= 0.6 is 0 Å². The molecule has 1 aliphatic carbocycles. The van der Waals surface area contributed by atoms with Crippen molar-refractivity contribution in [2.24, 2.45) is 0 Å². The zero-order valence-electron chi connectivity index (χ0n) is 27.1. The molecule has 0 radical (unpaired) electrons. The van der Waals surface area contributed by atoms with Crippen molar-refractivity contribution in [1.29, 1.82) is 0 Å². The maximum atomic E-state index is 13.7. The van der Waals surface area contributed by atoms with E-state index >= 15 is 0 Å². The first kappa shape index (κ1) is 28.3. The van der Waals surface area contributed by atoms with Gasteiger partial charge in [0.15, 0.2) is 5.60 Å². The van der Waals surface area contributed by atoms with Crippen LogP contribution in [0.3, 0.4) is 0 Å². The number of fused-ring (bicyclic) bond motifs is 6. The zero-order valence-corrected chi connectivity index (χ0v) is 27.1. The molecule has 4 aliphatic rings. The lowest BCUT2D eigenvalue weighted by Crippen LogP contribution is -2.45. The van der Waals surface area contributed by atoms with Gasteiger partial charge < -0.3 is 14.5 Å². The van der Waals surface area contributed by atoms with E-state index in [-0.39, 0.29) is 22.5 Å². The average molecular weight is 561 g/mol. The predicted molar refractivity (Wildman–Crippen MR) is 176 cm³/mol. The van der Waals surface area contributed by atoms with Crippen molar-refractivity contribution in [3.8, 4) is 0 Å². The van der Waals surface area contributed by atoms with Crippen molar-refractivity contribution in [3.63, 3.8) is 0 Å². The number of carbonyl (C=O) groups is 1. The molecular weight excluding hydrogens is 516 g/mol. The molecule has 0 unspecified atom stereocenters. The minimum absolute atomic E-state index is 0.122. The topological polar surface area (TPSA) is 32.8 Å². The van der Waals surface area contributed by atoms with Gasteiger partial charge in [-0.3, -0.25) is 0 Å². The Morgan fingerprint density at radius 3 is 1.62 bits per heavy atom. The van der Waals surface area contributed by atoms with Gasteiger partial charge in [0.25, 0.3) is 0 Å². The van der Waals surface area contributed by atoms with Crippen LogP contribution in [-0.2, 0) is 20.5 Å². The Morgan fingerprint density at radius 1 is 0.762 bits per heavy atom. The number of esters is 1. The van der Waals surface area contributed by atoms with E-state index in [1.165, 1.54) is 44.8 Å². The molecule has 0 amide bonds. The second kappa shape index (κ2) is 8.63. The second-order valence-electron chi connectivity index (χ2n) is 14.1. The second-order valence-corrected chi connectivity index (χ2v) is 14.1. The van der Waals surface area contributed by atoms with E-state index in [0.29, 0.717) is 5.57 Å². The lowest BCUT2D eigenvalue weighted by Gasteiger charge is -2.49. The smallest absolute Gasteiger partial charge is 0.339 e. The maximum absolute atomic E-state index is 13.7. The molecule has 1 spiro atoms. The fourth-order valence-corrected chi connectivity index (χ4v) is 7.85. The molecule has 0 aromatic heterocycles. The molecule has 3 heterocycles. The molecule has 218 valence electrons. The summed E-state index contributed by atoms with van der Waals surface area (Å²) in [5.41, 5.74) is 11.4. The van der Waals surface area contributed by atoms with Crippen LogP contribution in [0.2, 0.25) is 0 Å². The summed E-state index contributed by atoms with van der Waals surface area (Å²) < 4.78 is 6.70. The largest absolute Gasteiger partial charge is 0.441 e. The number of hydrogen-bond acceptors (Lipinski definition) is 4. The van der Waals surface area contributed by atoms with E-state index in [1.807, 2.05) is 19.1 Å². The van der Waals surface area contributed by atoms with E-state index < -0.39 is 5.60 Å². The van der Waals surface area contributed by atoms with E-state index in [1.54, 1.807) is 6.08 Å². The monoisotopic (exact) mass is 560 g/mol. The number of carbonyl (C=O) groups excluding carboxylic acids is 1. The fraction of sp³-hybridized carbons (Fsp3) is 0.395. The van der Waals surface area contributed by atoms with Gasteiger partial charge in [-0.2, -0.15) is 0 Å². The number of rotatable bonds is 1. The molecular formula is C38H44N2O2. The lowest BCUT2D eigenvalue weighted by molar-refractivity contribution is -0.143. The Bertz CT molecular complexity index is 1630. The average Bonchev–Trinajstić information content (AvgIpc) is 3.19. The molecule has 4 heteroatoms. The third-order valence-corrected chi connectivity index (χ3v) is 10.5. The summed E-state index contributed by atoms with van der Waals surface area (Å²) in [5.74, 6) is -0.298. The van der Waals surface area contributed by atoms with Crippen LogP contribution in [0.1, 0.15) is 95.7 Å². The van der Waals surface area contributed by atoms with Gasteiger partial charge in [-0.15, -0.1) is 0 Å². The summed E-state index contributed by atoms with van der Waals surface area (Å²) in [6.45, 7) is 24.0. The normalized spacial score (nSPS) is 24.0. The maximum Gasteiger partial charge on any atom is 0.339 e. The van der Waals surface area contributed by atoms with Gasteiger partial charge in [-0.25, -0.2) is 4.79 Å². The number of allylic oxidation sites excluding steroid dienone is 5. The van der Waals surface area contributed by atoms with Crippen LogP contribution in [0.5, 0.6) is 0 Å². The molecule has 0 atom stereocenters. The van der Waals surface area contributed by atoms with Gasteiger partial charge in [0.1, 0.15) is 0 Å². The first-order chi connectivity index (χ1) is 19.5. The van der Waals surface area contributed by atoms with Gasteiger partial charge in [-0.05, 0) is 95.0 Å². The Morgan fingerprint density at radius 2 is 1.21 bits per heavy atom. The van der Waals surface area contributed by atoms with Gasteiger partial charge in [0.2, 0.25) is 0 Å². The molecule has 0 saturated carbocycles. The van der Waals surface area contributed by atoms with Crippen LogP contribution < -0.4 is 9.80 Å². The van der Waals surface area contributed by atoms with E-state index in [9.17, 15) is 4.79 Å². The molecule has 1 saturated heterocycles. The van der Waals surface area contributed by atoms with Crippen molar-refractivity contribution >= 4 is 28.5 Å². The van der Waals surface area contributed by atoms with Gasteiger partial charge >= 0.3 is 5.97 Å². The van der Waals surface area contributed by atoms with Crippen LogP contribution in [0.25, 0.3) is 11.1 Å². The molecule has 6 rings (SSSR count). The van der Waals surface area contributed by atoms with Crippen LogP contribution in [-0.4, -0.2) is 31.1 Å². The minimum Gasteiger partial charge on any atom is -0.441 e. The Labute approximate surface area is 251 Å². The third-order valence-electron chi connectivity index (χ3n) is 10.5. The molecule has 0 N–H and O–H groups in total. The zero-order chi connectivity index (χ0) is 30.7. The van der Waals surface area contributed by atoms with Crippen molar-refractivity contribution in [2.45, 2.75) is 84.4 Å². The van der Waals surface area contributed by atoms with Gasteiger partial charge in [0.05, 0.1) is 16.7 Å². The SMILES string of the molecule is C=CC=C1/C(=C\C)C(=O)OC12c1cc3c(cc1C(C)(C)c1cc4c(cc12)C(C)=CC(C)(C)N4C)N(C)C(C)(C)C=C3C. The van der Waals surface area contributed by atoms with Gasteiger partial charge in [0, 0.05) is 58.7 Å². The number of benzene rings is 2. The van der Waals surface area contributed by atoms with Crippen LogP contribution in [0.15, 0.2) is 72.4 Å². The highest BCUT2D eigenvalue weighted by Crippen LogP contribution is 2.61. The summed E-state index contributed by atoms with van der Waals surface area (Å²) in [6.07, 6.45) is 10.3. The number of nitrogens with zero attached hydrogens (tertiary/aromatic N) is 2. The molecule has 2 aromatic carbocycles. The van der Waals surface area contributed by atoms with E-state index in [4.69, 9.17) is 4.74 Å². The van der Waals surface area contributed by atoms with Crippen LogP contribution in [0, 0.1) is 0 Å². The Hall–Kier alpha value is -3.79. The number of hydrogen-bond donors (Lipinski definition) is 0. The first-order valence-electron chi connectivity index (χ1n) is 15.0. The third kappa shape index (κ3) is 3.44. The van der Waals surface area contributed by atoms with Crippen molar-refractivity contribution < 1.29 is 9.53 Å². The standard InChI is InChI=1S/C38H44N2O2/c1-13-15-27-24(14-2)34(41)42-38(27)30-16-25-22(3)20-35(5,6)39(11)32(25)18-28(30)37(9,10)29-19-33-26(17-31(29)38)23(4)21-36(7,8)40(33)12/h13-21H,1H2,2-12H3/b24-14+,27-15?. The minimum atomic E-state index is -1.09. The Kier molecular flexibility index (Phi) is 5.82. The molecule has 1 fully saturated rings. The number of ether oxygens (including phenoxy) is 1. The Balaban J connectivity index is 1.79. The summed E-state index contributed by atoms with van der Waals surface area (Å²) in [7, 11) is 4.35. The lowest BCUT2D eigenvalue weighted by atomic mass is 9.60. The number of anilines is 2. The first-order valence-corrected chi connectivity index (χ1v) is 15.0. The predicted octanol–water partition coefficient (Wildman–Crippen LogP) is 8.45. The quantitative estimate of drug-likeness (QED) is 0.259. The molecule has 0 bridgehead atoms. The van der Waals surface area contributed by atoms with Crippen molar-refractivity contribution in [1.82, 2.24) is 0 Å². The fourth-order valence-electron chi connectivity index (χ4n) is 7.85. The van der Waals surface area contributed by atoms with Crippen molar-refractivity contribution in [2.75, 3.05) is 23.9 Å². The van der Waals surface area contributed by atoms with Crippen molar-refractivity contribution in [3.05, 3.63) is 106 Å². The highest BCUT2D eigenvalue weighted by Gasteiger charge is 2.58. The molecule has 42 heavy (non-hydrogen) atoms. The highest BCUT2D eigenvalue weighted by molar-refractivity contribution is 6.00. The molecule has 4 nitrogen and oxygen atoms in total. The highest BCUT2D eigenvalue weighted by atomic mass is 16.6.